The summed E-state index contributed by atoms with van der Waals surface area (Å²) in [5, 5.41) is -0.00680. The fraction of sp³-hybridized carbons (Fsp3) is 0.900. The van der Waals surface area contributed by atoms with Gasteiger partial charge in [-0.2, -0.15) is 0 Å². The molecule has 0 fully saturated rings. The average molecular weight is 251 g/mol. The van der Waals surface area contributed by atoms with Gasteiger partial charge in [0.05, 0.1) is 0 Å². The summed E-state index contributed by atoms with van der Waals surface area (Å²) in [6, 6.07) is 0. The van der Waals surface area contributed by atoms with Crippen molar-refractivity contribution in [3.8, 4) is 0 Å². The minimum Gasteiger partial charge on any atom is -0.447 e. The Hall–Kier alpha value is -0.623. The number of carbonyl (C=O) groups excluding carboxylic acids is 1. The summed E-state index contributed by atoms with van der Waals surface area (Å²) in [7, 11) is -2.03. The third-order valence-corrected chi connectivity index (χ3v) is 7.39. The minimum atomic E-state index is -2.03. The highest BCUT2D eigenvalue weighted by atomic mass is 28.4. The fourth-order valence-corrected chi connectivity index (χ4v) is 2.20. The number of amides is 1. The summed E-state index contributed by atoms with van der Waals surface area (Å²) < 4.78 is 23.0. The number of hydrogen-bond acceptors (Lipinski definition) is 3. The van der Waals surface area contributed by atoms with E-state index < -0.39 is 27.2 Å². The number of primary amides is 1. The number of rotatable bonds is 5. The van der Waals surface area contributed by atoms with Crippen molar-refractivity contribution in [2.45, 2.75) is 45.0 Å². The summed E-state index contributed by atoms with van der Waals surface area (Å²) in [5.74, 6) is 0. The van der Waals surface area contributed by atoms with E-state index in [1.165, 1.54) is 0 Å². The molecule has 0 heterocycles. The molecule has 0 saturated carbocycles. The van der Waals surface area contributed by atoms with Crippen LogP contribution in [0.4, 0.5) is 9.18 Å². The SMILES string of the molecule is CC(C)(C)[Si](C)(C)OC(CF)COC(N)=O. The van der Waals surface area contributed by atoms with Gasteiger partial charge < -0.3 is 14.9 Å². The second-order valence-corrected chi connectivity index (χ2v) is 10.0. The lowest BCUT2D eigenvalue weighted by atomic mass is 10.2. The van der Waals surface area contributed by atoms with Crippen molar-refractivity contribution in [3.05, 3.63) is 0 Å². The van der Waals surface area contributed by atoms with Crippen LogP contribution in [-0.4, -0.2) is 33.8 Å². The molecule has 6 heteroatoms. The van der Waals surface area contributed by atoms with E-state index in [0.717, 1.165) is 0 Å². The second kappa shape index (κ2) is 5.63. The second-order valence-electron chi connectivity index (χ2n) is 5.28. The van der Waals surface area contributed by atoms with Crippen LogP contribution in [0, 0.1) is 0 Å². The van der Waals surface area contributed by atoms with Crippen LogP contribution in [-0.2, 0) is 9.16 Å². The molecular weight excluding hydrogens is 229 g/mol. The van der Waals surface area contributed by atoms with Crippen molar-refractivity contribution < 1.29 is 18.3 Å². The Balaban J connectivity index is 4.36. The number of alkyl halides is 1. The molecule has 0 aliphatic heterocycles. The molecule has 96 valence electrons. The van der Waals surface area contributed by atoms with E-state index in [2.05, 4.69) is 25.5 Å². The first kappa shape index (κ1) is 15.4. The van der Waals surface area contributed by atoms with E-state index in [9.17, 15) is 9.18 Å². The number of carbonyl (C=O) groups is 1. The molecule has 0 saturated heterocycles. The summed E-state index contributed by atoms with van der Waals surface area (Å²) in [6.07, 6.45) is -1.62. The maximum absolute atomic E-state index is 12.7. The summed E-state index contributed by atoms with van der Waals surface area (Å²) >= 11 is 0. The quantitative estimate of drug-likeness (QED) is 0.763. The lowest BCUT2D eigenvalue weighted by molar-refractivity contribution is 0.0641. The van der Waals surface area contributed by atoms with Gasteiger partial charge in [-0.25, -0.2) is 9.18 Å². The van der Waals surface area contributed by atoms with Gasteiger partial charge >= 0.3 is 6.09 Å². The van der Waals surface area contributed by atoms with Gasteiger partial charge in [-0.15, -0.1) is 0 Å². The molecule has 16 heavy (non-hydrogen) atoms. The standard InChI is InChI=1S/C10H22FNO3Si/c1-10(2,3)16(4,5)15-8(6-11)7-14-9(12)13/h8H,6-7H2,1-5H3,(H2,12,13). The van der Waals surface area contributed by atoms with E-state index in [1.54, 1.807) is 0 Å². The first-order valence-electron chi connectivity index (χ1n) is 5.26. The van der Waals surface area contributed by atoms with Crippen molar-refractivity contribution in [3.63, 3.8) is 0 Å². The van der Waals surface area contributed by atoms with Crippen LogP contribution in [0.15, 0.2) is 0 Å². The van der Waals surface area contributed by atoms with Crippen LogP contribution < -0.4 is 5.73 Å². The Bertz CT molecular complexity index is 241. The Morgan fingerprint density at radius 2 is 1.94 bits per heavy atom. The highest BCUT2D eigenvalue weighted by Gasteiger charge is 2.39. The Morgan fingerprint density at radius 1 is 1.44 bits per heavy atom. The topological polar surface area (TPSA) is 61.6 Å². The highest BCUT2D eigenvalue weighted by molar-refractivity contribution is 6.74. The molecule has 1 unspecified atom stereocenters. The van der Waals surface area contributed by atoms with E-state index in [4.69, 9.17) is 10.2 Å². The van der Waals surface area contributed by atoms with Gasteiger partial charge in [0, 0.05) is 0 Å². The van der Waals surface area contributed by atoms with Crippen LogP contribution in [0.3, 0.4) is 0 Å². The largest absolute Gasteiger partial charge is 0.447 e. The lowest BCUT2D eigenvalue weighted by Crippen LogP contribution is -2.46. The highest BCUT2D eigenvalue weighted by Crippen LogP contribution is 2.37. The van der Waals surface area contributed by atoms with Crippen molar-refractivity contribution in [2.75, 3.05) is 13.3 Å². The van der Waals surface area contributed by atoms with Crippen molar-refractivity contribution in [1.82, 2.24) is 0 Å². The Morgan fingerprint density at radius 3 is 2.25 bits per heavy atom. The maximum Gasteiger partial charge on any atom is 0.404 e. The Kier molecular flexibility index (Phi) is 5.41. The van der Waals surface area contributed by atoms with Crippen LogP contribution in [0.1, 0.15) is 20.8 Å². The van der Waals surface area contributed by atoms with Gasteiger partial charge in [-0.1, -0.05) is 20.8 Å². The zero-order chi connectivity index (χ0) is 13.0. The van der Waals surface area contributed by atoms with E-state index >= 15 is 0 Å². The van der Waals surface area contributed by atoms with Gasteiger partial charge in [0.15, 0.2) is 8.32 Å². The molecule has 2 N–H and O–H groups in total. The number of hydrogen-bond donors (Lipinski definition) is 1. The maximum atomic E-state index is 12.7. The molecule has 1 amide bonds. The van der Waals surface area contributed by atoms with E-state index in [1.807, 2.05) is 13.1 Å². The summed E-state index contributed by atoms with van der Waals surface area (Å²) in [5.41, 5.74) is 4.82. The zero-order valence-corrected chi connectivity index (χ0v) is 11.7. The molecule has 0 radical (unpaired) electrons. The molecule has 0 spiro atoms. The Labute approximate surface area is 97.4 Å². The predicted octanol–water partition coefficient (Wildman–Crippen LogP) is 2.44. The normalized spacial score (nSPS) is 14.6. The van der Waals surface area contributed by atoms with E-state index in [0.29, 0.717) is 0 Å². The fourth-order valence-electron chi connectivity index (χ4n) is 0.879. The monoisotopic (exact) mass is 251 g/mol. The van der Waals surface area contributed by atoms with Gasteiger partial charge in [-0.3, -0.25) is 0 Å². The van der Waals surface area contributed by atoms with Crippen LogP contribution in [0.2, 0.25) is 18.1 Å². The van der Waals surface area contributed by atoms with Crippen LogP contribution in [0.5, 0.6) is 0 Å². The molecule has 0 rings (SSSR count). The molecule has 4 nitrogen and oxygen atoms in total. The van der Waals surface area contributed by atoms with E-state index in [-0.39, 0.29) is 11.6 Å². The first-order chi connectivity index (χ1) is 7.10. The predicted molar refractivity (Wildman–Crippen MR) is 63.6 cm³/mol. The van der Waals surface area contributed by atoms with Gasteiger partial charge in [0.1, 0.15) is 19.4 Å². The average Bonchev–Trinajstić information content (AvgIpc) is 2.09. The lowest BCUT2D eigenvalue weighted by Gasteiger charge is -2.38. The van der Waals surface area contributed by atoms with Crippen molar-refractivity contribution in [2.24, 2.45) is 5.73 Å². The number of halogens is 1. The van der Waals surface area contributed by atoms with Gasteiger partial charge in [0.25, 0.3) is 0 Å². The smallest absolute Gasteiger partial charge is 0.404 e. The summed E-state index contributed by atoms with van der Waals surface area (Å²) in [4.78, 5) is 10.4. The molecule has 0 aromatic carbocycles. The third-order valence-electron chi connectivity index (χ3n) is 2.85. The number of nitrogens with two attached hydrogens (primary N) is 1. The molecule has 0 aliphatic carbocycles. The number of ether oxygens (including phenoxy) is 1. The minimum absolute atomic E-state index is 0.00680. The molecule has 0 aromatic heterocycles. The van der Waals surface area contributed by atoms with Crippen molar-refractivity contribution in [1.29, 1.82) is 0 Å². The van der Waals surface area contributed by atoms with Crippen LogP contribution >= 0.6 is 0 Å². The van der Waals surface area contributed by atoms with Crippen molar-refractivity contribution >= 4 is 14.4 Å². The van der Waals surface area contributed by atoms with Crippen LogP contribution in [0.25, 0.3) is 0 Å². The molecule has 0 aromatic rings. The van der Waals surface area contributed by atoms with Gasteiger partial charge in [-0.05, 0) is 18.1 Å². The molecule has 1 atom stereocenters. The first-order valence-corrected chi connectivity index (χ1v) is 8.17. The molecular formula is C10H22FNO3Si. The third kappa shape index (κ3) is 4.94. The zero-order valence-electron chi connectivity index (χ0n) is 10.7. The molecule has 0 bridgehead atoms. The summed E-state index contributed by atoms with van der Waals surface area (Å²) in [6.45, 7) is 9.40. The molecule has 0 aliphatic rings. The van der Waals surface area contributed by atoms with Gasteiger partial charge in [0.2, 0.25) is 0 Å².